The molecule has 0 atom stereocenters. The Hall–Kier alpha value is -2.88. The maximum absolute atomic E-state index is 9.90. The molecule has 2 aromatic carbocycles. The minimum Gasteiger partial charge on any atom is -0.479 e. The maximum Gasteiger partial charge on any atom is 0.311 e. The Morgan fingerprint density at radius 1 is 0.957 bits per heavy atom. The quantitative estimate of drug-likeness (QED) is 0.606. The second-order valence-corrected chi connectivity index (χ2v) is 5.39. The molecule has 0 saturated carbocycles. The number of hydrogen-bond donors (Lipinski definition) is 1. The average molecular weight is 306 g/mol. The number of rotatable bonds is 4. The number of nitrogens with zero attached hydrogens (tertiary/aromatic N) is 2. The van der Waals surface area contributed by atoms with Crippen molar-refractivity contribution < 1.29 is 9.52 Å². The number of azo groups is 1. The fourth-order valence-electron chi connectivity index (χ4n) is 2.21. The number of furan rings is 1. The van der Waals surface area contributed by atoms with Crippen LogP contribution in [0.2, 0.25) is 0 Å². The van der Waals surface area contributed by atoms with Crippen LogP contribution in [0.3, 0.4) is 0 Å². The molecule has 0 spiro atoms. The van der Waals surface area contributed by atoms with Gasteiger partial charge in [0.05, 0.1) is 5.69 Å². The third-order valence-electron chi connectivity index (χ3n) is 3.65. The zero-order valence-electron chi connectivity index (χ0n) is 13.2. The summed E-state index contributed by atoms with van der Waals surface area (Å²) < 4.78 is 5.38. The number of aromatic hydroxyl groups is 1. The Balaban J connectivity index is 1.84. The van der Waals surface area contributed by atoms with Crippen LogP contribution < -0.4 is 0 Å². The molecule has 1 aromatic heterocycles. The molecule has 0 radical (unpaired) electrons. The van der Waals surface area contributed by atoms with Crippen molar-refractivity contribution in [3.63, 3.8) is 0 Å². The highest BCUT2D eigenvalue weighted by molar-refractivity contribution is 5.65. The van der Waals surface area contributed by atoms with Gasteiger partial charge in [0.15, 0.2) is 5.69 Å². The highest BCUT2D eigenvalue weighted by atomic mass is 16.5. The molecule has 0 amide bonds. The van der Waals surface area contributed by atoms with Crippen molar-refractivity contribution in [3.8, 4) is 17.3 Å². The Bertz CT molecular complexity index is 816. The molecule has 0 aliphatic carbocycles. The van der Waals surface area contributed by atoms with Gasteiger partial charge in [0.25, 0.3) is 0 Å². The van der Waals surface area contributed by atoms with Gasteiger partial charge in [-0.2, -0.15) is 5.11 Å². The fraction of sp³-hybridized carbons (Fsp3) is 0.158. The molecule has 0 saturated heterocycles. The van der Waals surface area contributed by atoms with Crippen LogP contribution in [0, 0.1) is 6.92 Å². The molecule has 0 fully saturated rings. The minimum atomic E-state index is -0.226. The van der Waals surface area contributed by atoms with E-state index >= 15 is 0 Å². The van der Waals surface area contributed by atoms with Crippen LogP contribution in [-0.4, -0.2) is 5.11 Å². The van der Waals surface area contributed by atoms with Crippen LogP contribution in [0.5, 0.6) is 5.95 Å². The normalized spacial score (nSPS) is 11.2. The molecule has 0 aliphatic heterocycles. The summed E-state index contributed by atoms with van der Waals surface area (Å²) in [5.41, 5.74) is 4.36. The number of benzene rings is 2. The van der Waals surface area contributed by atoms with Gasteiger partial charge in [-0.05, 0) is 31.0 Å². The maximum atomic E-state index is 9.90. The van der Waals surface area contributed by atoms with E-state index in [0.717, 1.165) is 23.2 Å². The third kappa shape index (κ3) is 3.48. The summed E-state index contributed by atoms with van der Waals surface area (Å²) in [6.07, 6.45) is 0.986. The Morgan fingerprint density at radius 3 is 2.30 bits per heavy atom. The van der Waals surface area contributed by atoms with Crippen molar-refractivity contribution in [1.82, 2.24) is 0 Å². The molecule has 116 valence electrons. The van der Waals surface area contributed by atoms with Gasteiger partial charge in [0.1, 0.15) is 5.76 Å². The molecule has 1 heterocycles. The summed E-state index contributed by atoms with van der Waals surface area (Å²) in [6, 6.07) is 17.4. The van der Waals surface area contributed by atoms with Gasteiger partial charge in [0, 0.05) is 11.6 Å². The van der Waals surface area contributed by atoms with E-state index in [-0.39, 0.29) is 5.95 Å². The van der Waals surface area contributed by atoms with Crippen molar-refractivity contribution in [3.05, 3.63) is 65.7 Å². The van der Waals surface area contributed by atoms with E-state index in [1.807, 2.05) is 55.5 Å². The monoisotopic (exact) mass is 306 g/mol. The minimum absolute atomic E-state index is 0.226. The van der Waals surface area contributed by atoms with Crippen molar-refractivity contribution in [2.75, 3.05) is 0 Å². The zero-order valence-corrected chi connectivity index (χ0v) is 13.2. The van der Waals surface area contributed by atoms with Crippen LogP contribution >= 0.6 is 0 Å². The smallest absolute Gasteiger partial charge is 0.311 e. The molecule has 1 N–H and O–H groups in total. The molecule has 3 aromatic rings. The summed E-state index contributed by atoms with van der Waals surface area (Å²) in [5, 5.41) is 18.1. The van der Waals surface area contributed by atoms with Gasteiger partial charge in [-0.3, -0.25) is 0 Å². The number of aryl methyl sites for hydroxylation is 2. The molecule has 0 unspecified atom stereocenters. The van der Waals surface area contributed by atoms with Crippen LogP contribution in [0.25, 0.3) is 11.3 Å². The second kappa shape index (κ2) is 6.48. The SMILES string of the molecule is CCc1ccc(-c2cc(N=Nc3ccc(C)cc3)c(O)o2)cc1. The molecule has 3 rings (SSSR count). The first-order chi connectivity index (χ1) is 11.2. The van der Waals surface area contributed by atoms with Crippen molar-refractivity contribution in [2.45, 2.75) is 20.3 Å². The topological polar surface area (TPSA) is 58.1 Å². The first-order valence-electron chi connectivity index (χ1n) is 7.56. The van der Waals surface area contributed by atoms with Crippen molar-refractivity contribution in [1.29, 1.82) is 0 Å². The lowest BCUT2D eigenvalue weighted by molar-refractivity contribution is 0.339. The zero-order chi connectivity index (χ0) is 16.2. The van der Waals surface area contributed by atoms with Gasteiger partial charge in [-0.25, -0.2) is 0 Å². The first-order valence-corrected chi connectivity index (χ1v) is 7.56. The van der Waals surface area contributed by atoms with Gasteiger partial charge >= 0.3 is 5.95 Å². The number of hydrogen-bond acceptors (Lipinski definition) is 4. The standard InChI is InChI=1S/C19H18N2O2/c1-3-14-6-8-15(9-7-14)18-12-17(19(22)23-18)21-20-16-10-4-13(2)5-11-16/h4-12,22H,3H2,1-2H3. The highest BCUT2D eigenvalue weighted by Crippen LogP contribution is 2.36. The first kappa shape index (κ1) is 15.0. The van der Waals surface area contributed by atoms with Crippen LogP contribution in [0.4, 0.5) is 11.4 Å². The van der Waals surface area contributed by atoms with Gasteiger partial charge < -0.3 is 9.52 Å². The van der Waals surface area contributed by atoms with E-state index in [4.69, 9.17) is 4.42 Å². The predicted molar refractivity (Wildman–Crippen MR) is 90.5 cm³/mol. The van der Waals surface area contributed by atoms with Gasteiger partial charge in [-0.1, -0.05) is 48.9 Å². The van der Waals surface area contributed by atoms with E-state index in [2.05, 4.69) is 17.2 Å². The molecule has 0 bridgehead atoms. The summed E-state index contributed by atoms with van der Waals surface area (Å²) in [5.74, 6) is 0.346. The van der Waals surface area contributed by atoms with E-state index in [0.29, 0.717) is 11.4 Å². The van der Waals surface area contributed by atoms with E-state index in [1.165, 1.54) is 5.56 Å². The summed E-state index contributed by atoms with van der Waals surface area (Å²) >= 11 is 0. The summed E-state index contributed by atoms with van der Waals surface area (Å²) in [4.78, 5) is 0. The molecule has 4 heteroatoms. The van der Waals surface area contributed by atoms with Gasteiger partial charge in [-0.15, -0.1) is 5.11 Å². The van der Waals surface area contributed by atoms with Gasteiger partial charge in [0.2, 0.25) is 0 Å². The molecular formula is C19H18N2O2. The molecular weight excluding hydrogens is 288 g/mol. The lowest BCUT2D eigenvalue weighted by Crippen LogP contribution is -1.79. The van der Waals surface area contributed by atoms with E-state index < -0.39 is 0 Å². The Morgan fingerprint density at radius 2 is 1.65 bits per heavy atom. The molecule has 23 heavy (non-hydrogen) atoms. The van der Waals surface area contributed by atoms with E-state index in [9.17, 15) is 5.11 Å². The summed E-state index contributed by atoms with van der Waals surface area (Å²) in [6.45, 7) is 4.12. The second-order valence-electron chi connectivity index (χ2n) is 5.39. The van der Waals surface area contributed by atoms with Crippen LogP contribution in [-0.2, 0) is 6.42 Å². The van der Waals surface area contributed by atoms with E-state index in [1.54, 1.807) is 6.07 Å². The Labute approximate surface area is 135 Å². The highest BCUT2D eigenvalue weighted by Gasteiger charge is 2.11. The third-order valence-corrected chi connectivity index (χ3v) is 3.65. The van der Waals surface area contributed by atoms with Crippen LogP contribution in [0.1, 0.15) is 18.1 Å². The largest absolute Gasteiger partial charge is 0.479 e. The Kier molecular flexibility index (Phi) is 4.24. The van der Waals surface area contributed by atoms with Crippen LogP contribution in [0.15, 0.2) is 69.2 Å². The lowest BCUT2D eigenvalue weighted by atomic mass is 10.1. The van der Waals surface area contributed by atoms with Crippen molar-refractivity contribution in [2.24, 2.45) is 10.2 Å². The lowest BCUT2D eigenvalue weighted by Gasteiger charge is -1.98. The molecule has 4 nitrogen and oxygen atoms in total. The average Bonchev–Trinajstić information content (AvgIpc) is 2.95. The molecule has 0 aliphatic rings. The summed E-state index contributed by atoms with van der Waals surface area (Å²) in [7, 11) is 0. The predicted octanol–water partition coefficient (Wildman–Crippen LogP) is 5.94. The van der Waals surface area contributed by atoms with Crippen molar-refractivity contribution >= 4 is 11.4 Å². The fourth-order valence-corrected chi connectivity index (χ4v) is 2.21.